The standard InChI is InChI=1S/C16H24N2O2S/c17-10-11-21-15-8-6-14(7-9-15)18-16(19)20-12-13-4-2-1-3-5-13/h1-5,14-15H,6-12,17H2,(H,18,19). The first-order valence-corrected chi connectivity index (χ1v) is 8.61. The number of benzene rings is 1. The number of nitrogens with two attached hydrogens (primary N) is 1. The van der Waals surface area contributed by atoms with Crippen molar-refractivity contribution in [2.45, 2.75) is 43.6 Å². The highest BCUT2D eigenvalue weighted by molar-refractivity contribution is 7.99. The zero-order valence-electron chi connectivity index (χ0n) is 12.3. The van der Waals surface area contributed by atoms with Crippen molar-refractivity contribution < 1.29 is 9.53 Å². The van der Waals surface area contributed by atoms with Crippen LogP contribution in [0.2, 0.25) is 0 Å². The highest BCUT2D eigenvalue weighted by atomic mass is 32.2. The maximum atomic E-state index is 11.8. The topological polar surface area (TPSA) is 64.3 Å². The van der Waals surface area contributed by atoms with Crippen LogP contribution in [0.4, 0.5) is 4.79 Å². The lowest BCUT2D eigenvalue weighted by atomic mass is 9.95. The van der Waals surface area contributed by atoms with Crippen molar-refractivity contribution in [2.24, 2.45) is 5.73 Å². The number of carbonyl (C=O) groups is 1. The molecule has 0 aromatic heterocycles. The minimum absolute atomic E-state index is 0.253. The number of nitrogens with one attached hydrogen (secondary N) is 1. The molecular weight excluding hydrogens is 284 g/mol. The number of amides is 1. The summed E-state index contributed by atoms with van der Waals surface area (Å²) in [6.45, 7) is 1.07. The number of thioether (sulfide) groups is 1. The molecule has 0 unspecified atom stereocenters. The summed E-state index contributed by atoms with van der Waals surface area (Å²) in [6, 6.07) is 9.99. The SMILES string of the molecule is NCCSC1CCC(NC(=O)OCc2ccccc2)CC1. The van der Waals surface area contributed by atoms with Crippen molar-refractivity contribution >= 4 is 17.9 Å². The minimum Gasteiger partial charge on any atom is -0.445 e. The molecule has 3 N–H and O–H groups in total. The zero-order valence-corrected chi connectivity index (χ0v) is 13.1. The molecule has 1 amide bonds. The van der Waals surface area contributed by atoms with E-state index in [1.165, 1.54) is 0 Å². The molecule has 5 heteroatoms. The van der Waals surface area contributed by atoms with Crippen LogP contribution in [0.15, 0.2) is 30.3 Å². The van der Waals surface area contributed by atoms with E-state index in [4.69, 9.17) is 10.5 Å². The Labute approximate surface area is 130 Å². The number of hydrogen-bond donors (Lipinski definition) is 2. The van der Waals surface area contributed by atoms with Crippen molar-refractivity contribution in [3.63, 3.8) is 0 Å². The third-order valence-corrected chi connectivity index (χ3v) is 5.09. The summed E-state index contributed by atoms with van der Waals surface area (Å²) < 4.78 is 5.25. The molecular formula is C16H24N2O2S. The van der Waals surface area contributed by atoms with E-state index in [1.54, 1.807) is 0 Å². The minimum atomic E-state index is -0.308. The smallest absolute Gasteiger partial charge is 0.407 e. The van der Waals surface area contributed by atoms with Crippen LogP contribution in [-0.4, -0.2) is 29.7 Å². The highest BCUT2D eigenvalue weighted by Gasteiger charge is 2.22. The average molecular weight is 308 g/mol. The molecule has 1 aliphatic rings. The Morgan fingerprint density at radius 2 is 1.95 bits per heavy atom. The largest absolute Gasteiger partial charge is 0.445 e. The van der Waals surface area contributed by atoms with Gasteiger partial charge in [-0.15, -0.1) is 0 Å². The van der Waals surface area contributed by atoms with Gasteiger partial charge in [-0.25, -0.2) is 4.79 Å². The average Bonchev–Trinajstić information content (AvgIpc) is 2.53. The van der Waals surface area contributed by atoms with Gasteiger partial charge in [0.05, 0.1) is 0 Å². The Bertz CT molecular complexity index is 420. The van der Waals surface area contributed by atoms with Crippen molar-refractivity contribution in [1.82, 2.24) is 5.32 Å². The summed E-state index contributed by atoms with van der Waals surface area (Å²) >= 11 is 1.96. The van der Waals surface area contributed by atoms with Gasteiger partial charge in [-0.2, -0.15) is 11.8 Å². The van der Waals surface area contributed by atoms with Gasteiger partial charge in [-0.05, 0) is 31.2 Å². The molecule has 4 nitrogen and oxygen atoms in total. The van der Waals surface area contributed by atoms with Gasteiger partial charge in [-0.1, -0.05) is 30.3 Å². The molecule has 1 aromatic carbocycles. The number of ether oxygens (including phenoxy) is 1. The fourth-order valence-corrected chi connectivity index (χ4v) is 3.61. The molecule has 1 aromatic rings. The van der Waals surface area contributed by atoms with E-state index in [-0.39, 0.29) is 12.1 Å². The summed E-state index contributed by atoms with van der Waals surface area (Å²) in [5, 5.41) is 3.67. The fourth-order valence-electron chi connectivity index (χ4n) is 2.54. The summed E-state index contributed by atoms with van der Waals surface area (Å²) in [6.07, 6.45) is 4.05. The third kappa shape index (κ3) is 5.98. The first kappa shape index (κ1) is 16.2. The molecule has 1 saturated carbocycles. The number of alkyl carbamates (subject to hydrolysis) is 1. The Balaban J connectivity index is 1.63. The molecule has 1 fully saturated rings. The maximum Gasteiger partial charge on any atom is 0.407 e. The molecule has 2 rings (SSSR count). The molecule has 21 heavy (non-hydrogen) atoms. The van der Waals surface area contributed by atoms with Crippen molar-refractivity contribution in [3.8, 4) is 0 Å². The second-order valence-corrected chi connectivity index (χ2v) is 6.75. The summed E-state index contributed by atoms with van der Waals surface area (Å²) in [7, 11) is 0. The van der Waals surface area contributed by atoms with Crippen molar-refractivity contribution in [2.75, 3.05) is 12.3 Å². The van der Waals surface area contributed by atoms with Crippen LogP contribution >= 0.6 is 11.8 Å². The molecule has 0 radical (unpaired) electrons. The molecule has 0 aliphatic heterocycles. The second-order valence-electron chi connectivity index (χ2n) is 5.34. The van der Waals surface area contributed by atoms with Crippen LogP contribution in [0, 0.1) is 0 Å². The van der Waals surface area contributed by atoms with E-state index >= 15 is 0 Å². The lowest BCUT2D eigenvalue weighted by molar-refractivity contribution is 0.133. The molecule has 0 bridgehead atoms. The Hall–Kier alpha value is -1.20. The van der Waals surface area contributed by atoms with Crippen LogP contribution in [-0.2, 0) is 11.3 Å². The third-order valence-electron chi connectivity index (χ3n) is 3.68. The van der Waals surface area contributed by atoms with Gasteiger partial charge in [0.1, 0.15) is 6.61 Å². The summed E-state index contributed by atoms with van der Waals surface area (Å²) in [5.41, 5.74) is 6.53. The van der Waals surface area contributed by atoms with E-state index < -0.39 is 0 Å². The van der Waals surface area contributed by atoms with Gasteiger partial charge in [0.25, 0.3) is 0 Å². The Kier molecular flexibility index (Phi) is 6.89. The van der Waals surface area contributed by atoms with Gasteiger partial charge in [0, 0.05) is 23.6 Å². The van der Waals surface area contributed by atoms with E-state index in [2.05, 4.69) is 5.32 Å². The number of carbonyl (C=O) groups excluding carboxylic acids is 1. The predicted octanol–water partition coefficient (Wildman–Crippen LogP) is 2.92. The Morgan fingerprint density at radius 3 is 2.62 bits per heavy atom. The summed E-state index contributed by atoms with van der Waals surface area (Å²) in [5.74, 6) is 1.03. The van der Waals surface area contributed by atoms with Gasteiger partial charge in [-0.3, -0.25) is 0 Å². The highest BCUT2D eigenvalue weighted by Crippen LogP contribution is 2.28. The van der Waals surface area contributed by atoms with E-state index in [0.29, 0.717) is 11.9 Å². The second kappa shape index (κ2) is 8.95. The molecule has 0 saturated heterocycles. The normalized spacial score (nSPS) is 21.8. The van der Waals surface area contributed by atoms with Crippen LogP contribution in [0.1, 0.15) is 31.2 Å². The van der Waals surface area contributed by atoms with Crippen LogP contribution in [0.5, 0.6) is 0 Å². The van der Waals surface area contributed by atoms with Crippen molar-refractivity contribution in [1.29, 1.82) is 0 Å². The van der Waals surface area contributed by atoms with Crippen LogP contribution in [0.3, 0.4) is 0 Å². The monoisotopic (exact) mass is 308 g/mol. The van der Waals surface area contributed by atoms with Gasteiger partial charge in [0.15, 0.2) is 0 Å². The van der Waals surface area contributed by atoms with Crippen LogP contribution < -0.4 is 11.1 Å². The van der Waals surface area contributed by atoms with Gasteiger partial charge in [0.2, 0.25) is 0 Å². The molecule has 0 atom stereocenters. The first-order valence-electron chi connectivity index (χ1n) is 7.57. The van der Waals surface area contributed by atoms with Crippen LogP contribution in [0.25, 0.3) is 0 Å². The van der Waals surface area contributed by atoms with E-state index in [9.17, 15) is 4.79 Å². The molecule has 0 spiro atoms. The van der Waals surface area contributed by atoms with Gasteiger partial charge < -0.3 is 15.8 Å². The van der Waals surface area contributed by atoms with E-state index in [0.717, 1.165) is 43.5 Å². The Morgan fingerprint density at radius 1 is 1.24 bits per heavy atom. The molecule has 1 aliphatic carbocycles. The predicted molar refractivity (Wildman–Crippen MR) is 87.3 cm³/mol. The lowest BCUT2D eigenvalue weighted by Crippen LogP contribution is -2.38. The summed E-state index contributed by atoms with van der Waals surface area (Å²) in [4.78, 5) is 11.8. The first-order chi connectivity index (χ1) is 10.3. The molecule has 116 valence electrons. The number of hydrogen-bond acceptors (Lipinski definition) is 4. The number of rotatable bonds is 6. The van der Waals surface area contributed by atoms with E-state index in [1.807, 2.05) is 42.1 Å². The van der Waals surface area contributed by atoms with Gasteiger partial charge >= 0.3 is 6.09 Å². The maximum absolute atomic E-state index is 11.8. The van der Waals surface area contributed by atoms with Crippen molar-refractivity contribution in [3.05, 3.63) is 35.9 Å². The zero-order chi connectivity index (χ0) is 14.9. The quantitative estimate of drug-likeness (QED) is 0.848. The lowest BCUT2D eigenvalue weighted by Gasteiger charge is -2.28. The molecule has 0 heterocycles. The fraction of sp³-hybridized carbons (Fsp3) is 0.562.